The number of nitrogens with one attached hydrogen (secondary N) is 1. The van der Waals surface area contributed by atoms with Crippen molar-refractivity contribution in [2.24, 2.45) is 0 Å². The zero-order valence-corrected chi connectivity index (χ0v) is 15.6. The van der Waals surface area contributed by atoms with Crippen LogP contribution in [-0.2, 0) is 12.3 Å². The molecule has 140 valence electrons. The minimum atomic E-state index is -0.271. The van der Waals surface area contributed by atoms with Gasteiger partial charge in [0, 0.05) is 18.1 Å². The van der Waals surface area contributed by atoms with E-state index in [4.69, 9.17) is 0 Å². The number of pyridine rings is 2. The average molecular weight is 393 g/mol. The van der Waals surface area contributed by atoms with Crippen molar-refractivity contribution in [3.8, 4) is 0 Å². The van der Waals surface area contributed by atoms with Crippen LogP contribution in [0.25, 0.3) is 5.65 Å². The second-order valence-electron chi connectivity index (χ2n) is 6.00. The molecule has 4 rings (SSSR count). The smallest absolute Gasteiger partial charge is 0.254 e. The molecular weight excluding hydrogens is 377 g/mol. The van der Waals surface area contributed by atoms with Gasteiger partial charge in [-0.15, -0.1) is 22.0 Å². The number of halogens is 1. The van der Waals surface area contributed by atoms with Gasteiger partial charge in [-0.2, -0.15) is 0 Å². The predicted octanol–water partition coefficient (Wildman–Crippen LogP) is 3.49. The van der Waals surface area contributed by atoms with Crippen LogP contribution in [-0.4, -0.2) is 25.5 Å². The molecule has 0 saturated heterocycles. The van der Waals surface area contributed by atoms with E-state index < -0.39 is 0 Å². The van der Waals surface area contributed by atoms with Crippen LogP contribution in [0.4, 0.5) is 4.39 Å². The fourth-order valence-electron chi connectivity index (χ4n) is 2.68. The van der Waals surface area contributed by atoms with Crippen molar-refractivity contribution in [1.82, 2.24) is 24.9 Å². The van der Waals surface area contributed by atoms with E-state index in [1.165, 1.54) is 23.9 Å². The molecular formula is C20H16FN5OS. The first-order valence-electron chi connectivity index (χ1n) is 8.60. The van der Waals surface area contributed by atoms with Gasteiger partial charge in [0.1, 0.15) is 10.8 Å². The zero-order chi connectivity index (χ0) is 19.3. The van der Waals surface area contributed by atoms with E-state index in [1.54, 1.807) is 30.5 Å². The molecule has 0 aliphatic heterocycles. The van der Waals surface area contributed by atoms with E-state index in [9.17, 15) is 9.18 Å². The van der Waals surface area contributed by atoms with Crippen molar-refractivity contribution in [1.29, 1.82) is 0 Å². The lowest BCUT2D eigenvalue weighted by atomic mass is 10.2. The van der Waals surface area contributed by atoms with Crippen molar-refractivity contribution in [2.45, 2.75) is 17.3 Å². The van der Waals surface area contributed by atoms with E-state index in [2.05, 4.69) is 20.5 Å². The topological polar surface area (TPSA) is 72.2 Å². The largest absolute Gasteiger partial charge is 0.345 e. The second-order valence-corrected chi connectivity index (χ2v) is 6.96. The molecule has 8 heteroatoms. The Kier molecular flexibility index (Phi) is 5.29. The standard InChI is InChI=1S/C20H16FN5OS/c21-15-8-6-14(7-9-15)13-28-20-16(4-3-10-22-20)19(27)23-12-18-25-24-17-5-1-2-11-26(17)18/h1-11H,12-13H2,(H,23,27). The quantitative estimate of drug-likeness (QED) is 0.508. The first-order valence-corrected chi connectivity index (χ1v) is 9.58. The summed E-state index contributed by atoms with van der Waals surface area (Å²) < 4.78 is 14.9. The number of carbonyl (C=O) groups excluding carboxylic acids is 1. The Morgan fingerprint density at radius 3 is 2.79 bits per heavy atom. The third-order valence-electron chi connectivity index (χ3n) is 4.10. The zero-order valence-electron chi connectivity index (χ0n) is 14.7. The SMILES string of the molecule is O=C(NCc1nnc2ccccn12)c1cccnc1SCc1ccc(F)cc1. The summed E-state index contributed by atoms with van der Waals surface area (Å²) >= 11 is 1.43. The summed E-state index contributed by atoms with van der Waals surface area (Å²) in [4.78, 5) is 17.0. The van der Waals surface area contributed by atoms with E-state index in [0.717, 1.165) is 11.2 Å². The maximum Gasteiger partial charge on any atom is 0.254 e. The summed E-state index contributed by atoms with van der Waals surface area (Å²) in [5.41, 5.74) is 2.17. The highest BCUT2D eigenvalue weighted by atomic mass is 32.2. The van der Waals surface area contributed by atoms with Crippen LogP contribution in [0, 0.1) is 5.82 Å². The summed E-state index contributed by atoms with van der Waals surface area (Å²) in [6, 6.07) is 15.4. The summed E-state index contributed by atoms with van der Waals surface area (Å²) in [5, 5.41) is 11.7. The molecule has 0 atom stereocenters. The van der Waals surface area contributed by atoms with Crippen LogP contribution in [0.5, 0.6) is 0 Å². The third-order valence-corrected chi connectivity index (χ3v) is 5.17. The number of benzene rings is 1. The Bertz CT molecular complexity index is 1110. The van der Waals surface area contributed by atoms with Gasteiger partial charge in [-0.25, -0.2) is 9.37 Å². The van der Waals surface area contributed by atoms with Gasteiger partial charge in [0.2, 0.25) is 0 Å². The monoisotopic (exact) mass is 393 g/mol. The van der Waals surface area contributed by atoms with Crippen molar-refractivity contribution < 1.29 is 9.18 Å². The fraction of sp³-hybridized carbons (Fsp3) is 0.100. The first-order chi connectivity index (χ1) is 13.7. The van der Waals surface area contributed by atoms with E-state index in [-0.39, 0.29) is 18.3 Å². The van der Waals surface area contributed by atoms with Gasteiger partial charge in [-0.1, -0.05) is 18.2 Å². The lowest BCUT2D eigenvalue weighted by Crippen LogP contribution is -2.24. The molecule has 0 aliphatic carbocycles. The molecule has 4 aromatic rings. The molecule has 0 unspecified atom stereocenters. The Morgan fingerprint density at radius 1 is 1.07 bits per heavy atom. The van der Waals surface area contributed by atoms with Gasteiger partial charge in [-0.3, -0.25) is 9.20 Å². The van der Waals surface area contributed by atoms with Gasteiger partial charge >= 0.3 is 0 Å². The molecule has 0 spiro atoms. The Labute approximate surface area is 164 Å². The van der Waals surface area contributed by atoms with Crippen LogP contribution < -0.4 is 5.32 Å². The summed E-state index contributed by atoms with van der Waals surface area (Å²) in [6.45, 7) is 0.251. The summed E-state index contributed by atoms with van der Waals surface area (Å²) in [6.07, 6.45) is 3.50. The molecule has 0 fully saturated rings. The maximum atomic E-state index is 13.0. The minimum absolute atomic E-state index is 0.234. The van der Waals surface area contributed by atoms with Crippen molar-refractivity contribution in [3.63, 3.8) is 0 Å². The van der Waals surface area contributed by atoms with Crippen molar-refractivity contribution >= 4 is 23.3 Å². The third kappa shape index (κ3) is 4.01. The number of carbonyl (C=O) groups is 1. The highest BCUT2D eigenvalue weighted by Gasteiger charge is 2.14. The molecule has 0 saturated carbocycles. The van der Waals surface area contributed by atoms with E-state index in [1.807, 2.05) is 28.8 Å². The number of hydrogen-bond donors (Lipinski definition) is 1. The van der Waals surface area contributed by atoms with Crippen LogP contribution in [0.15, 0.2) is 72.0 Å². The number of aromatic nitrogens is 4. The number of rotatable bonds is 6. The Balaban J connectivity index is 1.44. The minimum Gasteiger partial charge on any atom is -0.345 e. The number of amides is 1. The van der Waals surface area contributed by atoms with Crippen molar-refractivity contribution in [3.05, 3.63) is 89.8 Å². The molecule has 3 aromatic heterocycles. The molecule has 0 radical (unpaired) electrons. The number of thioether (sulfide) groups is 1. The first kappa shape index (κ1) is 18.1. The summed E-state index contributed by atoms with van der Waals surface area (Å²) in [7, 11) is 0. The number of nitrogens with zero attached hydrogens (tertiary/aromatic N) is 4. The Hall–Kier alpha value is -3.26. The highest BCUT2D eigenvalue weighted by molar-refractivity contribution is 7.98. The maximum absolute atomic E-state index is 13.0. The predicted molar refractivity (Wildman–Crippen MR) is 104 cm³/mol. The molecule has 0 bridgehead atoms. The van der Waals surface area contributed by atoms with E-state index in [0.29, 0.717) is 22.2 Å². The molecule has 28 heavy (non-hydrogen) atoms. The lowest BCUT2D eigenvalue weighted by Gasteiger charge is -2.09. The van der Waals surface area contributed by atoms with Crippen molar-refractivity contribution in [2.75, 3.05) is 0 Å². The van der Waals surface area contributed by atoms with Gasteiger partial charge in [0.15, 0.2) is 11.5 Å². The van der Waals surface area contributed by atoms with Crippen LogP contribution in [0.1, 0.15) is 21.7 Å². The van der Waals surface area contributed by atoms with Crippen LogP contribution >= 0.6 is 11.8 Å². The second kappa shape index (κ2) is 8.18. The van der Waals surface area contributed by atoms with Crippen LogP contribution in [0.3, 0.4) is 0 Å². The van der Waals surface area contributed by atoms with E-state index >= 15 is 0 Å². The molecule has 1 N–H and O–H groups in total. The van der Waals surface area contributed by atoms with Crippen LogP contribution in [0.2, 0.25) is 0 Å². The molecule has 0 aliphatic rings. The summed E-state index contributed by atoms with van der Waals surface area (Å²) in [5.74, 6) is 0.732. The normalized spacial score (nSPS) is 10.9. The molecule has 1 aromatic carbocycles. The average Bonchev–Trinajstić information content (AvgIpc) is 3.15. The lowest BCUT2D eigenvalue weighted by molar-refractivity contribution is 0.0946. The molecule has 1 amide bonds. The van der Waals surface area contributed by atoms with Gasteiger partial charge in [-0.05, 0) is 42.0 Å². The molecule has 6 nitrogen and oxygen atoms in total. The molecule has 3 heterocycles. The Morgan fingerprint density at radius 2 is 1.93 bits per heavy atom. The number of fused-ring (bicyclic) bond motifs is 1. The van der Waals surface area contributed by atoms with Gasteiger partial charge in [0.25, 0.3) is 5.91 Å². The highest BCUT2D eigenvalue weighted by Crippen LogP contribution is 2.24. The van der Waals surface area contributed by atoms with Gasteiger partial charge in [0.05, 0.1) is 12.1 Å². The fourth-order valence-corrected chi connectivity index (χ4v) is 3.62. The number of hydrogen-bond acceptors (Lipinski definition) is 5. The van der Waals surface area contributed by atoms with Gasteiger partial charge < -0.3 is 5.32 Å².